The molecular weight excluding hydrogens is 327 g/mol. The third kappa shape index (κ3) is 5.65. The zero-order valence-electron chi connectivity index (χ0n) is 12.6. The standard InChI is InChI=1S/C15H21ClN2O3.ClH/c1-20-8-9-21-14-6-5-11(10-12(14)16)18-15(19)13-4-2-3-7-17-13;/h5-6,10,13,17H,2-4,7-9H2,1H3,(H,18,19);1H. The average Bonchev–Trinajstić information content (AvgIpc) is 2.50. The molecule has 124 valence electrons. The summed E-state index contributed by atoms with van der Waals surface area (Å²) in [5.41, 5.74) is 0.677. The first kappa shape index (κ1) is 19.0. The second kappa shape index (κ2) is 9.90. The third-order valence-corrected chi connectivity index (χ3v) is 3.67. The molecule has 5 nitrogen and oxygen atoms in total. The lowest BCUT2D eigenvalue weighted by Gasteiger charge is -2.22. The summed E-state index contributed by atoms with van der Waals surface area (Å²) in [6.45, 7) is 1.83. The number of hydrogen-bond acceptors (Lipinski definition) is 4. The molecule has 0 spiro atoms. The van der Waals surface area contributed by atoms with Crippen molar-refractivity contribution < 1.29 is 14.3 Å². The smallest absolute Gasteiger partial charge is 0.241 e. The highest BCUT2D eigenvalue weighted by molar-refractivity contribution is 6.32. The van der Waals surface area contributed by atoms with Crippen LogP contribution in [0.2, 0.25) is 5.02 Å². The molecule has 1 heterocycles. The van der Waals surface area contributed by atoms with Gasteiger partial charge in [-0.05, 0) is 37.6 Å². The van der Waals surface area contributed by atoms with Crippen LogP contribution in [0.3, 0.4) is 0 Å². The van der Waals surface area contributed by atoms with E-state index >= 15 is 0 Å². The summed E-state index contributed by atoms with van der Waals surface area (Å²) in [5, 5.41) is 6.57. The van der Waals surface area contributed by atoms with Gasteiger partial charge in [0.2, 0.25) is 5.91 Å². The van der Waals surface area contributed by atoms with Crippen LogP contribution in [-0.4, -0.2) is 38.8 Å². The van der Waals surface area contributed by atoms with E-state index in [0.29, 0.717) is 29.7 Å². The summed E-state index contributed by atoms with van der Waals surface area (Å²) in [5.74, 6) is 0.571. The van der Waals surface area contributed by atoms with E-state index in [1.54, 1.807) is 25.3 Å². The first-order valence-corrected chi connectivity index (χ1v) is 7.54. The van der Waals surface area contributed by atoms with Gasteiger partial charge in [-0.1, -0.05) is 18.0 Å². The molecule has 1 amide bonds. The second-order valence-electron chi connectivity index (χ2n) is 4.98. The summed E-state index contributed by atoms with van der Waals surface area (Å²) in [6, 6.07) is 5.12. The molecule has 1 unspecified atom stereocenters. The van der Waals surface area contributed by atoms with E-state index in [0.717, 1.165) is 25.8 Å². The first-order chi connectivity index (χ1) is 10.2. The van der Waals surface area contributed by atoms with Gasteiger partial charge in [-0.25, -0.2) is 0 Å². The number of methoxy groups -OCH3 is 1. The number of piperidine rings is 1. The molecule has 0 saturated carbocycles. The van der Waals surface area contributed by atoms with E-state index in [4.69, 9.17) is 21.1 Å². The number of rotatable bonds is 6. The minimum atomic E-state index is -0.116. The van der Waals surface area contributed by atoms with Gasteiger partial charge in [0.15, 0.2) is 0 Å². The maximum Gasteiger partial charge on any atom is 0.241 e. The Kier molecular flexibility index (Phi) is 8.56. The zero-order valence-corrected chi connectivity index (χ0v) is 14.1. The van der Waals surface area contributed by atoms with E-state index in [1.807, 2.05) is 0 Å². The molecule has 1 atom stereocenters. The molecule has 0 aliphatic carbocycles. The zero-order chi connectivity index (χ0) is 15.1. The van der Waals surface area contributed by atoms with E-state index in [2.05, 4.69) is 10.6 Å². The molecule has 1 aromatic carbocycles. The van der Waals surface area contributed by atoms with Crippen LogP contribution < -0.4 is 15.4 Å². The highest BCUT2D eigenvalue weighted by atomic mass is 35.5. The highest BCUT2D eigenvalue weighted by Gasteiger charge is 2.20. The van der Waals surface area contributed by atoms with Crippen molar-refractivity contribution in [3.05, 3.63) is 23.2 Å². The quantitative estimate of drug-likeness (QED) is 0.776. The van der Waals surface area contributed by atoms with Gasteiger partial charge in [0.05, 0.1) is 17.7 Å². The molecule has 2 rings (SSSR count). The van der Waals surface area contributed by atoms with Crippen molar-refractivity contribution in [3.63, 3.8) is 0 Å². The normalized spacial score (nSPS) is 17.5. The summed E-state index contributed by atoms with van der Waals surface area (Å²) in [7, 11) is 1.61. The Balaban J connectivity index is 0.00000242. The van der Waals surface area contributed by atoms with Crippen LogP contribution in [0.25, 0.3) is 0 Å². The molecule has 1 aromatic rings. The second-order valence-corrected chi connectivity index (χ2v) is 5.39. The first-order valence-electron chi connectivity index (χ1n) is 7.16. The largest absolute Gasteiger partial charge is 0.490 e. The van der Waals surface area contributed by atoms with Gasteiger partial charge >= 0.3 is 0 Å². The van der Waals surface area contributed by atoms with E-state index in [9.17, 15) is 4.79 Å². The van der Waals surface area contributed by atoms with E-state index in [-0.39, 0.29) is 24.4 Å². The molecule has 0 aromatic heterocycles. The van der Waals surface area contributed by atoms with Gasteiger partial charge in [-0.3, -0.25) is 4.79 Å². The Bertz CT molecular complexity index is 480. The van der Waals surface area contributed by atoms with Crippen molar-refractivity contribution in [1.82, 2.24) is 5.32 Å². The fourth-order valence-corrected chi connectivity index (χ4v) is 2.47. The van der Waals surface area contributed by atoms with Crippen LogP contribution >= 0.6 is 24.0 Å². The lowest BCUT2D eigenvalue weighted by Crippen LogP contribution is -2.43. The summed E-state index contributed by atoms with van der Waals surface area (Å²) in [4.78, 5) is 12.1. The van der Waals surface area contributed by atoms with Crippen LogP contribution in [-0.2, 0) is 9.53 Å². The number of amides is 1. The molecule has 0 bridgehead atoms. The Hall–Kier alpha value is -1.01. The number of halogens is 2. The molecule has 22 heavy (non-hydrogen) atoms. The van der Waals surface area contributed by atoms with Crippen LogP contribution in [0.5, 0.6) is 5.75 Å². The minimum absolute atomic E-state index is 0. The Morgan fingerprint density at radius 3 is 2.86 bits per heavy atom. The lowest BCUT2D eigenvalue weighted by atomic mass is 10.0. The molecule has 1 saturated heterocycles. The molecule has 1 aliphatic rings. The molecule has 2 N–H and O–H groups in total. The average molecular weight is 349 g/mol. The van der Waals surface area contributed by atoms with Crippen LogP contribution in [0.15, 0.2) is 18.2 Å². The topological polar surface area (TPSA) is 59.6 Å². The van der Waals surface area contributed by atoms with Crippen molar-refractivity contribution in [3.8, 4) is 5.75 Å². The number of anilines is 1. The lowest BCUT2D eigenvalue weighted by molar-refractivity contribution is -0.118. The summed E-state index contributed by atoms with van der Waals surface area (Å²) >= 11 is 6.14. The predicted octanol–water partition coefficient (Wildman–Crippen LogP) is 2.87. The number of carbonyl (C=O) groups excluding carboxylic acids is 1. The molecule has 1 aliphatic heterocycles. The van der Waals surface area contributed by atoms with Gasteiger partial charge < -0.3 is 20.1 Å². The fraction of sp³-hybridized carbons (Fsp3) is 0.533. The number of hydrogen-bond donors (Lipinski definition) is 2. The Morgan fingerprint density at radius 1 is 1.41 bits per heavy atom. The van der Waals surface area contributed by atoms with Crippen LogP contribution in [0, 0.1) is 0 Å². The van der Waals surface area contributed by atoms with E-state index < -0.39 is 0 Å². The minimum Gasteiger partial charge on any atom is -0.490 e. The molecule has 0 radical (unpaired) electrons. The van der Waals surface area contributed by atoms with Crippen LogP contribution in [0.4, 0.5) is 5.69 Å². The number of benzene rings is 1. The van der Waals surface area contributed by atoms with Crippen molar-refractivity contribution >= 4 is 35.6 Å². The van der Waals surface area contributed by atoms with Gasteiger partial charge in [0, 0.05) is 12.8 Å². The summed E-state index contributed by atoms with van der Waals surface area (Å²) in [6.07, 6.45) is 3.08. The maximum atomic E-state index is 12.1. The molecule has 7 heteroatoms. The van der Waals surface area contributed by atoms with E-state index in [1.165, 1.54) is 0 Å². The van der Waals surface area contributed by atoms with Gasteiger partial charge in [0.25, 0.3) is 0 Å². The van der Waals surface area contributed by atoms with Crippen molar-refractivity contribution in [2.45, 2.75) is 25.3 Å². The number of nitrogens with one attached hydrogen (secondary N) is 2. The number of carbonyl (C=O) groups is 1. The Labute approximate surface area is 142 Å². The fourth-order valence-electron chi connectivity index (χ4n) is 2.24. The van der Waals surface area contributed by atoms with Gasteiger partial charge in [0.1, 0.15) is 12.4 Å². The third-order valence-electron chi connectivity index (χ3n) is 3.37. The SMILES string of the molecule is COCCOc1ccc(NC(=O)C2CCCCN2)cc1Cl.Cl. The van der Waals surface area contributed by atoms with Crippen molar-refractivity contribution in [2.24, 2.45) is 0 Å². The van der Waals surface area contributed by atoms with Crippen molar-refractivity contribution in [2.75, 3.05) is 32.2 Å². The van der Waals surface area contributed by atoms with Gasteiger partial charge in [-0.15, -0.1) is 12.4 Å². The number of ether oxygens (including phenoxy) is 2. The highest BCUT2D eigenvalue weighted by Crippen LogP contribution is 2.27. The molecule has 1 fully saturated rings. The summed E-state index contributed by atoms with van der Waals surface area (Å²) < 4.78 is 10.4. The maximum absolute atomic E-state index is 12.1. The molecular formula is C15H22Cl2N2O3. The predicted molar refractivity (Wildman–Crippen MR) is 90.3 cm³/mol. The van der Waals surface area contributed by atoms with Crippen molar-refractivity contribution in [1.29, 1.82) is 0 Å². The Morgan fingerprint density at radius 2 is 2.23 bits per heavy atom. The van der Waals surface area contributed by atoms with Gasteiger partial charge in [-0.2, -0.15) is 0 Å². The van der Waals surface area contributed by atoms with Crippen LogP contribution in [0.1, 0.15) is 19.3 Å². The monoisotopic (exact) mass is 348 g/mol.